The molecule has 1 aliphatic rings. The van der Waals surface area contributed by atoms with Gasteiger partial charge in [-0.1, -0.05) is 12.8 Å². The fraction of sp³-hybridized carbons (Fsp3) is 0.750. The number of rotatable bonds is 1. The molecule has 0 amide bonds. The molecule has 1 saturated carbocycles. The zero-order valence-electron chi connectivity index (χ0n) is 5.93. The Kier molecular flexibility index (Phi) is 2.15. The molecule has 52 valence electrons. The smallest absolute Gasteiger partial charge is 0.0910 e. The predicted molar refractivity (Wildman–Crippen MR) is 38.3 cm³/mol. The number of hydrogen-bond donors (Lipinski definition) is 1. The van der Waals surface area contributed by atoms with Crippen LogP contribution in [0.3, 0.4) is 0 Å². The zero-order valence-corrected chi connectivity index (χ0v) is 5.93. The monoisotopic (exact) mass is 126 g/mol. The van der Waals surface area contributed by atoms with E-state index < -0.39 is 0 Å². The van der Waals surface area contributed by atoms with Crippen molar-refractivity contribution in [2.75, 3.05) is 0 Å². The summed E-state index contributed by atoms with van der Waals surface area (Å²) in [5, 5.41) is 9.22. The molecule has 0 aromatic heterocycles. The highest BCUT2D eigenvalue weighted by Crippen LogP contribution is 2.29. The second-order valence-corrected chi connectivity index (χ2v) is 2.69. The first-order valence-electron chi connectivity index (χ1n) is 3.69. The largest absolute Gasteiger partial charge is 0.512 e. The molecular weight excluding hydrogens is 112 g/mol. The lowest BCUT2D eigenvalue weighted by Gasteiger charge is -2.05. The van der Waals surface area contributed by atoms with E-state index in [2.05, 4.69) is 0 Å². The summed E-state index contributed by atoms with van der Waals surface area (Å²) >= 11 is 0. The quantitative estimate of drug-likeness (QED) is 0.535. The molecule has 1 rings (SSSR count). The van der Waals surface area contributed by atoms with Crippen LogP contribution in [0.15, 0.2) is 11.8 Å². The third-order valence-electron chi connectivity index (χ3n) is 2.07. The number of hydrogen-bond acceptors (Lipinski definition) is 1. The van der Waals surface area contributed by atoms with Crippen LogP contribution < -0.4 is 0 Å². The van der Waals surface area contributed by atoms with Crippen molar-refractivity contribution in [1.29, 1.82) is 0 Å². The lowest BCUT2D eigenvalue weighted by Crippen LogP contribution is -1.95. The summed E-state index contributed by atoms with van der Waals surface area (Å²) in [6.07, 6.45) is 6.79. The second kappa shape index (κ2) is 2.90. The van der Waals surface area contributed by atoms with Crippen molar-refractivity contribution < 1.29 is 5.11 Å². The van der Waals surface area contributed by atoms with Crippen LogP contribution in [-0.4, -0.2) is 5.11 Å². The van der Waals surface area contributed by atoms with E-state index in [9.17, 15) is 5.11 Å². The van der Waals surface area contributed by atoms with Gasteiger partial charge >= 0.3 is 0 Å². The molecule has 1 N–H and O–H groups in total. The molecule has 0 heterocycles. The number of aliphatic hydroxyl groups excluding tert-OH is 1. The van der Waals surface area contributed by atoms with Crippen LogP contribution >= 0.6 is 0 Å². The second-order valence-electron chi connectivity index (χ2n) is 2.69. The van der Waals surface area contributed by atoms with Gasteiger partial charge in [0.05, 0.1) is 5.76 Å². The maximum Gasteiger partial charge on any atom is 0.0910 e. The minimum absolute atomic E-state index is 0.495. The minimum atomic E-state index is 0.495. The Balaban J connectivity index is 2.42. The minimum Gasteiger partial charge on any atom is -0.512 e. The molecule has 0 aliphatic heterocycles. The molecule has 1 nitrogen and oxygen atoms in total. The molecule has 0 atom stereocenters. The van der Waals surface area contributed by atoms with Crippen molar-refractivity contribution in [2.24, 2.45) is 5.92 Å². The van der Waals surface area contributed by atoms with Crippen LogP contribution in [-0.2, 0) is 0 Å². The van der Waals surface area contributed by atoms with Crippen LogP contribution in [0.25, 0.3) is 0 Å². The van der Waals surface area contributed by atoms with Crippen LogP contribution in [0.2, 0.25) is 0 Å². The zero-order chi connectivity index (χ0) is 6.69. The summed E-state index contributed by atoms with van der Waals surface area (Å²) < 4.78 is 0. The van der Waals surface area contributed by atoms with Gasteiger partial charge in [-0.15, -0.1) is 0 Å². The van der Waals surface area contributed by atoms with Crippen molar-refractivity contribution in [3.63, 3.8) is 0 Å². The van der Waals surface area contributed by atoms with Gasteiger partial charge in [-0.25, -0.2) is 0 Å². The normalized spacial score (nSPS) is 23.0. The topological polar surface area (TPSA) is 20.2 Å². The van der Waals surface area contributed by atoms with Gasteiger partial charge in [-0.05, 0) is 25.8 Å². The van der Waals surface area contributed by atoms with Gasteiger partial charge in [-0.3, -0.25) is 0 Å². The molecule has 1 aliphatic carbocycles. The Morgan fingerprint density at radius 3 is 2.44 bits per heavy atom. The van der Waals surface area contributed by atoms with Crippen LogP contribution in [0, 0.1) is 5.92 Å². The Bertz CT molecular complexity index is 110. The maximum absolute atomic E-state index is 9.22. The summed E-state index contributed by atoms with van der Waals surface area (Å²) in [5.74, 6) is 1.10. The van der Waals surface area contributed by atoms with Crippen molar-refractivity contribution in [3.05, 3.63) is 11.8 Å². The Hall–Kier alpha value is -0.460. The third-order valence-corrected chi connectivity index (χ3v) is 2.07. The van der Waals surface area contributed by atoms with Crippen LogP contribution in [0.1, 0.15) is 32.6 Å². The van der Waals surface area contributed by atoms with Gasteiger partial charge in [0.1, 0.15) is 0 Å². The molecule has 0 radical (unpaired) electrons. The SMILES string of the molecule is CC=C(O)C1CCCC1. The Labute approximate surface area is 56.4 Å². The molecule has 9 heavy (non-hydrogen) atoms. The highest BCUT2D eigenvalue weighted by molar-refractivity contribution is 4.96. The summed E-state index contributed by atoms with van der Waals surface area (Å²) in [6.45, 7) is 1.90. The molecule has 0 bridgehead atoms. The first kappa shape index (κ1) is 6.66. The van der Waals surface area contributed by atoms with E-state index in [0.717, 1.165) is 0 Å². The van der Waals surface area contributed by atoms with Crippen molar-refractivity contribution >= 4 is 0 Å². The fourth-order valence-corrected chi connectivity index (χ4v) is 1.46. The van der Waals surface area contributed by atoms with E-state index in [0.29, 0.717) is 11.7 Å². The molecule has 0 saturated heterocycles. The Morgan fingerprint density at radius 1 is 1.44 bits per heavy atom. The average Bonchev–Trinajstić information content (AvgIpc) is 2.37. The number of aliphatic hydroxyl groups is 1. The molecule has 0 unspecified atom stereocenters. The molecule has 0 spiro atoms. The maximum atomic E-state index is 9.22. The van der Waals surface area contributed by atoms with Crippen LogP contribution in [0.4, 0.5) is 0 Å². The van der Waals surface area contributed by atoms with Crippen molar-refractivity contribution in [2.45, 2.75) is 32.6 Å². The lowest BCUT2D eigenvalue weighted by atomic mass is 10.1. The first-order chi connectivity index (χ1) is 4.34. The van der Waals surface area contributed by atoms with Gasteiger partial charge in [0.25, 0.3) is 0 Å². The highest BCUT2D eigenvalue weighted by Gasteiger charge is 2.17. The van der Waals surface area contributed by atoms with E-state index in [1.165, 1.54) is 25.7 Å². The average molecular weight is 126 g/mol. The van der Waals surface area contributed by atoms with Gasteiger partial charge in [-0.2, -0.15) is 0 Å². The molecular formula is C8H14O. The lowest BCUT2D eigenvalue weighted by molar-refractivity contribution is 0.331. The van der Waals surface area contributed by atoms with Crippen molar-refractivity contribution in [3.8, 4) is 0 Å². The predicted octanol–water partition coefficient (Wildman–Crippen LogP) is 2.64. The molecule has 1 heteroatoms. The first-order valence-corrected chi connectivity index (χ1v) is 3.69. The Morgan fingerprint density at radius 2 is 2.00 bits per heavy atom. The van der Waals surface area contributed by atoms with E-state index in [4.69, 9.17) is 0 Å². The van der Waals surface area contributed by atoms with E-state index in [-0.39, 0.29) is 0 Å². The van der Waals surface area contributed by atoms with Gasteiger partial charge in [0.2, 0.25) is 0 Å². The number of allylic oxidation sites excluding steroid dienone is 2. The molecule has 1 fully saturated rings. The molecule has 0 aromatic carbocycles. The summed E-state index contributed by atoms with van der Waals surface area (Å²) in [7, 11) is 0. The summed E-state index contributed by atoms with van der Waals surface area (Å²) in [4.78, 5) is 0. The summed E-state index contributed by atoms with van der Waals surface area (Å²) in [6, 6.07) is 0. The van der Waals surface area contributed by atoms with Gasteiger partial charge in [0.15, 0.2) is 0 Å². The van der Waals surface area contributed by atoms with Crippen LogP contribution in [0.5, 0.6) is 0 Å². The standard InChI is InChI=1S/C8H14O/c1-2-8(9)7-5-3-4-6-7/h2,7,9H,3-6H2,1H3. The van der Waals surface area contributed by atoms with Crippen molar-refractivity contribution in [1.82, 2.24) is 0 Å². The molecule has 0 aromatic rings. The van der Waals surface area contributed by atoms with E-state index >= 15 is 0 Å². The summed E-state index contributed by atoms with van der Waals surface area (Å²) in [5.41, 5.74) is 0. The third kappa shape index (κ3) is 1.47. The van der Waals surface area contributed by atoms with E-state index in [1.54, 1.807) is 0 Å². The van der Waals surface area contributed by atoms with Gasteiger partial charge in [0, 0.05) is 5.92 Å². The highest BCUT2D eigenvalue weighted by atomic mass is 16.3. The van der Waals surface area contributed by atoms with E-state index in [1.807, 2.05) is 13.0 Å². The van der Waals surface area contributed by atoms with Gasteiger partial charge < -0.3 is 5.11 Å². The fourth-order valence-electron chi connectivity index (χ4n) is 1.46.